The molecule has 0 aromatic carbocycles. The minimum absolute atomic E-state index is 0.0292. The van der Waals surface area contributed by atoms with E-state index in [1.165, 1.54) is 0 Å². The number of nitrogens with one attached hydrogen (secondary N) is 1. The van der Waals surface area contributed by atoms with Crippen LogP contribution in [0.4, 0.5) is 0 Å². The summed E-state index contributed by atoms with van der Waals surface area (Å²) in [6.07, 6.45) is 0. The summed E-state index contributed by atoms with van der Waals surface area (Å²) in [5, 5.41) is 2.99. The van der Waals surface area contributed by atoms with Crippen LogP contribution < -0.4 is 5.73 Å². The first-order chi connectivity index (χ1) is 5.83. The van der Waals surface area contributed by atoms with Crippen LogP contribution in [-0.2, 0) is 4.74 Å². The molecule has 0 aromatic rings. The Morgan fingerprint density at radius 1 is 1.50 bits per heavy atom. The van der Waals surface area contributed by atoms with Crippen molar-refractivity contribution in [3.63, 3.8) is 0 Å². The van der Waals surface area contributed by atoms with Gasteiger partial charge in [-0.05, 0) is 0 Å². The van der Waals surface area contributed by atoms with Crippen LogP contribution in [-0.4, -0.2) is 43.8 Å². The number of rotatable bonds is 2. The lowest BCUT2D eigenvalue weighted by Crippen LogP contribution is -2.36. The number of hydrogen-bond donors (Lipinski definition) is 2. The van der Waals surface area contributed by atoms with Gasteiger partial charge in [-0.2, -0.15) is 0 Å². The Labute approximate surface area is 70.9 Å². The summed E-state index contributed by atoms with van der Waals surface area (Å²) < 4.78 is 5.15. The van der Waals surface area contributed by atoms with Crippen molar-refractivity contribution < 1.29 is 4.74 Å². The van der Waals surface area contributed by atoms with Crippen LogP contribution in [0.2, 0.25) is 0 Å². The van der Waals surface area contributed by atoms with Gasteiger partial charge < -0.3 is 10.5 Å². The molecule has 1 saturated heterocycles. The molecular weight excluding hydrogens is 158 g/mol. The fraction of sp³-hybridized carbons (Fsp3) is 0.833. The highest BCUT2D eigenvalue weighted by Gasteiger charge is 2.08. The van der Waals surface area contributed by atoms with Crippen LogP contribution in [0.5, 0.6) is 0 Å². The number of ether oxygens (including phenoxy) is 1. The monoisotopic (exact) mass is 171 g/mol. The second-order valence-corrected chi connectivity index (χ2v) is 2.50. The Bertz CT molecular complexity index is 175. The van der Waals surface area contributed by atoms with Crippen LogP contribution in [0, 0.1) is 5.53 Å². The van der Waals surface area contributed by atoms with Crippen molar-refractivity contribution >= 4 is 5.96 Å². The van der Waals surface area contributed by atoms with Crippen LogP contribution in [0.15, 0.2) is 10.1 Å². The summed E-state index contributed by atoms with van der Waals surface area (Å²) in [5.74, 6) is 0.0292. The van der Waals surface area contributed by atoms with E-state index in [1.807, 2.05) is 0 Å². The highest BCUT2D eigenvalue weighted by molar-refractivity contribution is 5.77. The SMILES string of the molecule is N=N/C(N)=N/CN1CCOCC1. The molecule has 1 rings (SSSR count). The molecule has 6 heteroatoms. The summed E-state index contributed by atoms with van der Waals surface area (Å²) >= 11 is 0. The molecule has 0 amide bonds. The highest BCUT2D eigenvalue weighted by Crippen LogP contribution is 1.95. The quantitative estimate of drug-likeness (QED) is 0.337. The molecule has 1 fully saturated rings. The number of hydrogen-bond acceptors (Lipinski definition) is 4. The molecule has 0 saturated carbocycles. The fourth-order valence-corrected chi connectivity index (χ4v) is 0.950. The maximum atomic E-state index is 6.55. The lowest BCUT2D eigenvalue weighted by Gasteiger charge is -2.24. The lowest BCUT2D eigenvalue weighted by atomic mass is 10.5. The summed E-state index contributed by atoms with van der Waals surface area (Å²) in [4.78, 5) is 5.98. The van der Waals surface area contributed by atoms with Crippen LogP contribution >= 0.6 is 0 Å². The number of nitrogens with zero attached hydrogens (tertiary/aromatic N) is 3. The summed E-state index contributed by atoms with van der Waals surface area (Å²) in [6, 6.07) is 0. The second-order valence-electron chi connectivity index (χ2n) is 2.50. The maximum Gasteiger partial charge on any atom is 0.236 e. The molecule has 12 heavy (non-hydrogen) atoms. The molecule has 0 unspecified atom stereocenters. The van der Waals surface area contributed by atoms with Gasteiger partial charge in [-0.1, -0.05) is 0 Å². The van der Waals surface area contributed by atoms with Crippen LogP contribution in [0.3, 0.4) is 0 Å². The Morgan fingerprint density at radius 2 is 2.17 bits per heavy atom. The van der Waals surface area contributed by atoms with Gasteiger partial charge in [-0.25, -0.2) is 10.5 Å². The van der Waals surface area contributed by atoms with Crippen molar-refractivity contribution in [2.75, 3.05) is 33.0 Å². The van der Waals surface area contributed by atoms with Crippen LogP contribution in [0.1, 0.15) is 0 Å². The maximum absolute atomic E-state index is 6.55. The first-order valence-electron chi connectivity index (χ1n) is 3.80. The summed E-state index contributed by atoms with van der Waals surface area (Å²) in [7, 11) is 0. The molecule has 1 aliphatic heterocycles. The topological polar surface area (TPSA) is 87.1 Å². The first kappa shape index (κ1) is 9.08. The molecule has 1 aliphatic rings. The largest absolute Gasteiger partial charge is 0.379 e. The predicted molar refractivity (Wildman–Crippen MR) is 44.0 cm³/mol. The molecule has 0 atom stereocenters. The Balaban J connectivity index is 2.25. The normalized spacial score (nSPS) is 20.8. The predicted octanol–water partition coefficient (Wildman–Crippen LogP) is -0.378. The van der Waals surface area contributed by atoms with Crippen molar-refractivity contribution in [2.24, 2.45) is 15.8 Å². The number of aliphatic imine (C=N–C) groups is 1. The number of morpholine rings is 1. The average molecular weight is 171 g/mol. The molecule has 0 bridgehead atoms. The molecule has 0 aromatic heterocycles. The van der Waals surface area contributed by atoms with Gasteiger partial charge in [0.15, 0.2) is 0 Å². The zero-order chi connectivity index (χ0) is 8.81. The lowest BCUT2D eigenvalue weighted by molar-refractivity contribution is 0.0394. The van der Waals surface area contributed by atoms with Gasteiger partial charge in [-0.15, -0.1) is 5.11 Å². The van der Waals surface area contributed by atoms with Crippen molar-refractivity contribution in [1.29, 1.82) is 5.53 Å². The molecular formula is C6H13N5O. The van der Waals surface area contributed by atoms with Gasteiger partial charge in [0.1, 0.15) is 0 Å². The van der Waals surface area contributed by atoms with E-state index >= 15 is 0 Å². The van der Waals surface area contributed by atoms with Crippen LogP contribution in [0.25, 0.3) is 0 Å². The Kier molecular flexibility index (Phi) is 3.62. The molecule has 0 aliphatic carbocycles. The number of nitrogens with two attached hydrogens (primary N) is 1. The van der Waals surface area contributed by atoms with Gasteiger partial charge in [0.25, 0.3) is 0 Å². The van der Waals surface area contributed by atoms with Gasteiger partial charge in [0.05, 0.1) is 19.9 Å². The Hall–Kier alpha value is -1.01. The van der Waals surface area contributed by atoms with Gasteiger partial charge >= 0.3 is 0 Å². The minimum Gasteiger partial charge on any atom is -0.379 e. The summed E-state index contributed by atoms with van der Waals surface area (Å²) in [5.41, 5.74) is 11.8. The average Bonchev–Trinajstić information content (AvgIpc) is 2.16. The third-order valence-corrected chi connectivity index (χ3v) is 1.65. The van der Waals surface area contributed by atoms with Gasteiger partial charge in [0.2, 0.25) is 5.96 Å². The second kappa shape index (κ2) is 4.78. The van der Waals surface area contributed by atoms with E-state index in [2.05, 4.69) is 15.0 Å². The van der Waals surface area contributed by atoms with E-state index in [-0.39, 0.29) is 5.96 Å². The molecule has 68 valence electrons. The van der Waals surface area contributed by atoms with E-state index in [1.54, 1.807) is 0 Å². The smallest absolute Gasteiger partial charge is 0.236 e. The summed E-state index contributed by atoms with van der Waals surface area (Å²) in [6.45, 7) is 3.74. The van der Waals surface area contributed by atoms with Crippen molar-refractivity contribution in [1.82, 2.24) is 4.90 Å². The van der Waals surface area contributed by atoms with Gasteiger partial charge in [0, 0.05) is 13.1 Å². The van der Waals surface area contributed by atoms with E-state index in [9.17, 15) is 0 Å². The fourth-order valence-electron chi connectivity index (χ4n) is 0.950. The van der Waals surface area contributed by atoms with E-state index in [0.717, 1.165) is 26.3 Å². The zero-order valence-corrected chi connectivity index (χ0v) is 6.86. The van der Waals surface area contributed by atoms with Crippen molar-refractivity contribution in [3.05, 3.63) is 0 Å². The molecule has 1 heterocycles. The zero-order valence-electron chi connectivity index (χ0n) is 6.86. The van der Waals surface area contributed by atoms with Gasteiger partial charge in [-0.3, -0.25) is 4.90 Å². The van der Waals surface area contributed by atoms with E-state index < -0.39 is 0 Å². The third kappa shape index (κ3) is 2.93. The third-order valence-electron chi connectivity index (χ3n) is 1.65. The molecule has 0 radical (unpaired) electrons. The van der Waals surface area contributed by atoms with E-state index in [4.69, 9.17) is 16.0 Å². The van der Waals surface area contributed by atoms with Crippen molar-refractivity contribution in [3.8, 4) is 0 Å². The number of guanidine groups is 1. The minimum atomic E-state index is 0.0292. The Morgan fingerprint density at radius 3 is 2.75 bits per heavy atom. The van der Waals surface area contributed by atoms with Crippen molar-refractivity contribution in [2.45, 2.75) is 0 Å². The molecule has 3 N–H and O–H groups in total. The highest BCUT2D eigenvalue weighted by atomic mass is 16.5. The first-order valence-corrected chi connectivity index (χ1v) is 3.80. The standard InChI is InChI=1S/C6H13N5O/c7-6(10-8)9-5-11-1-3-12-4-2-11/h8H,1-5H2,(H2,7,9). The molecule has 0 spiro atoms. The molecule has 6 nitrogen and oxygen atoms in total. The van der Waals surface area contributed by atoms with E-state index in [0.29, 0.717) is 6.67 Å².